The predicted molar refractivity (Wildman–Crippen MR) is 357 cm³/mol. The van der Waals surface area contributed by atoms with Crippen LogP contribution in [0, 0.1) is 157 Å². The lowest BCUT2D eigenvalue weighted by atomic mass is 9.27. The van der Waals surface area contributed by atoms with Crippen molar-refractivity contribution in [2.45, 2.75) is 195 Å². The summed E-state index contributed by atoms with van der Waals surface area (Å²) < 4.78 is 39.7. The molecule has 15 aliphatic carbocycles. The first-order valence-electron chi connectivity index (χ1n) is 39.6. The SMILES string of the molecule is CC12CC3CC45CC6C=CC47C(=O)OCC48C(C(=O)C(O)C9(C%10CC(Cc%11ccccc%11)CCC%10C#CC%10CCc%11coc(CC(C(O)CO)C%12CCC%13C(C=CN%14CNCC%13%14)C%12)c%11C%101OC(=O)C1OC192)C34)C12OC87C(=CC1C13CCC4CCCC4C1CC=C1C=CC2CC13)CC5C6. The van der Waals surface area contributed by atoms with Crippen molar-refractivity contribution in [3.05, 3.63) is 119 Å². The third kappa shape index (κ3) is 5.94. The van der Waals surface area contributed by atoms with Gasteiger partial charge in [0.2, 0.25) is 0 Å². The molecule has 1 aromatic carbocycles. The second-order valence-electron chi connectivity index (χ2n) is 37.8. The van der Waals surface area contributed by atoms with Crippen molar-refractivity contribution >= 4 is 17.7 Å². The lowest BCUT2D eigenvalue weighted by molar-refractivity contribution is -0.324. The molecular weight excluding hydrogens is 1220 g/mol. The Morgan fingerprint density at radius 1 is 0.908 bits per heavy atom. The molecular formula is C85H96N2O11. The van der Waals surface area contributed by atoms with Crippen molar-refractivity contribution in [2.75, 3.05) is 26.4 Å². The lowest BCUT2D eigenvalue weighted by Gasteiger charge is -2.75. The van der Waals surface area contributed by atoms with Gasteiger partial charge in [-0.05, 0) is 244 Å². The fourth-order valence-corrected chi connectivity index (χ4v) is 33.9. The van der Waals surface area contributed by atoms with Crippen LogP contribution in [0.5, 0.6) is 0 Å². The van der Waals surface area contributed by atoms with Crippen molar-refractivity contribution in [3.63, 3.8) is 0 Å². The molecule has 512 valence electrons. The maximum Gasteiger partial charge on any atom is 0.339 e. The number of nitrogens with zero attached hydrogens (tertiary/aromatic N) is 1. The van der Waals surface area contributed by atoms with Gasteiger partial charge in [0, 0.05) is 53.2 Å². The molecule has 33 unspecified atom stereocenters. The highest BCUT2D eigenvalue weighted by atomic mass is 16.7. The van der Waals surface area contributed by atoms with Gasteiger partial charge in [0.1, 0.15) is 35.1 Å². The summed E-state index contributed by atoms with van der Waals surface area (Å²) in [6.07, 6.45) is 37.5. The number of Topliss-reactive ketones (excluding diaryl/α,β-unsaturated/α-hetero) is 1. The smallest absolute Gasteiger partial charge is 0.339 e. The number of nitrogens with one attached hydrogen (secondary N) is 1. The Bertz CT molecular complexity index is 4180. The molecule has 9 spiro atoms. The number of aryl methyl sites for hydroxylation is 1. The first-order chi connectivity index (χ1) is 47.7. The minimum Gasteiger partial charge on any atom is -0.469 e. The summed E-state index contributed by atoms with van der Waals surface area (Å²) in [5, 5.41) is 43.0. The topological polar surface area (TPSA) is 181 Å². The molecule has 8 heterocycles. The van der Waals surface area contributed by atoms with Gasteiger partial charge in [-0.1, -0.05) is 104 Å². The van der Waals surface area contributed by atoms with Crippen LogP contribution in [0.1, 0.15) is 151 Å². The van der Waals surface area contributed by atoms with Gasteiger partial charge in [0.05, 0.1) is 48.5 Å². The summed E-state index contributed by atoms with van der Waals surface area (Å²) in [5.41, 5.74) is -5.36. The molecule has 2 aromatic rings. The third-order valence-electron chi connectivity index (χ3n) is 36.0. The second kappa shape index (κ2) is 18.6. The van der Waals surface area contributed by atoms with E-state index in [1.807, 2.05) is 6.26 Å². The van der Waals surface area contributed by atoms with Gasteiger partial charge in [0.25, 0.3) is 0 Å². The van der Waals surface area contributed by atoms with Crippen LogP contribution in [0.4, 0.5) is 0 Å². The maximum absolute atomic E-state index is 18.7. The zero-order chi connectivity index (χ0) is 65.0. The number of epoxide rings is 1. The van der Waals surface area contributed by atoms with Crippen LogP contribution in [0.3, 0.4) is 0 Å². The first-order valence-corrected chi connectivity index (χ1v) is 39.6. The van der Waals surface area contributed by atoms with Crippen LogP contribution in [0.25, 0.3) is 0 Å². The molecule has 0 radical (unpaired) electrons. The Hall–Kier alpha value is -5.07. The van der Waals surface area contributed by atoms with Crippen molar-refractivity contribution in [1.29, 1.82) is 0 Å². The number of hydrogen-bond donors (Lipinski definition) is 4. The van der Waals surface area contributed by atoms with E-state index in [2.05, 4.69) is 108 Å². The van der Waals surface area contributed by atoms with Crippen LogP contribution in [0.15, 0.2) is 101 Å². The number of aliphatic hydroxyl groups is 3. The fraction of sp³-hybridized carbons (Fsp3) is 0.706. The molecule has 7 aliphatic heterocycles. The van der Waals surface area contributed by atoms with Gasteiger partial charge in [-0.15, -0.1) is 0 Å². The van der Waals surface area contributed by atoms with E-state index in [0.717, 1.165) is 101 Å². The highest BCUT2D eigenvalue weighted by Crippen LogP contribution is 2.95. The summed E-state index contributed by atoms with van der Waals surface area (Å²) >= 11 is 0. The molecule has 22 aliphatic rings. The number of cyclic esters (lactones) is 1. The van der Waals surface area contributed by atoms with Crippen LogP contribution in [0.2, 0.25) is 0 Å². The molecule has 0 amide bonds. The Kier molecular flexibility index (Phi) is 11.1. The number of fused-ring (bicyclic) bond motifs is 9. The molecule has 13 heteroatoms. The van der Waals surface area contributed by atoms with Crippen molar-refractivity contribution in [2.24, 2.45) is 145 Å². The molecule has 12 bridgehead atoms. The van der Waals surface area contributed by atoms with Gasteiger partial charge in [-0.2, -0.15) is 0 Å². The molecule has 13 nitrogen and oxygen atoms in total. The number of allylic oxidation sites excluding steroid dienone is 5. The molecule has 33 atom stereocenters. The molecule has 4 N–H and O–H groups in total. The number of aliphatic hydroxyl groups excluding tert-OH is 3. The van der Waals surface area contributed by atoms with E-state index in [0.29, 0.717) is 85.8 Å². The quantitative estimate of drug-likeness (QED) is 0.0891. The number of rotatable bonds is 7. The van der Waals surface area contributed by atoms with E-state index < -0.39 is 97.4 Å². The molecule has 15 fully saturated rings. The normalized spacial score (nSPS) is 56.1. The minimum atomic E-state index is -1.59. The first kappa shape index (κ1) is 58.4. The fourth-order valence-electron chi connectivity index (χ4n) is 33.9. The Labute approximate surface area is 575 Å². The molecule has 10 saturated carbocycles. The Morgan fingerprint density at radius 3 is 2.71 bits per heavy atom. The van der Waals surface area contributed by atoms with Crippen LogP contribution in [-0.4, -0.2) is 106 Å². The molecule has 1 aromatic heterocycles. The van der Waals surface area contributed by atoms with Crippen LogP contribution < -0.4 is 5.32 Å². The third-order valence-corrected chi connectivity index (χ3v) is 36.0. The van der Waals surface area contributed by atoms with E-state index in [4.69, 9.17) is 18.6 Å². The number of ether oxygens (including phenoxy) is 4. The number of benzene rings is 1. The minimum absolute atomic E-state index is 0.0146. The van der Waals surface area contributed by atoms with E-state index in [1.54, 1.807) is 0 Å². The van der Waals surface area contributed by atoms with Gasteiger partial charge >= 0.3 is 11.9 Å². The number of carbonyl (C=O) groups is 3. The largest absolute Gasteiger partial charge is 0.469 e. The summed E-state index contributed by atoms with van der Waals surface area (Å²) in [5.74, 6) is 8.31. The summed E-state index contributed by atoms with van der Waals surface area (Å²) in [6, 6.07) is 11.3. The van der Waals surface area contributed by atoms with Gasteiger partial charge in [-0.25, -0.2) is 4.79 Å². The average molecular weight is 1320 g/mol. The van der Waals surface area contributed by atoms with E-state index >= 15 is 19.5 Å². The maximum atomic E-state index is 18.7. The van der Waals surface area contributed by atoms with E-state index in [1.165, 1.54) is 42.4 Å². The zero-order valence-electron chi connectivity index (χ0n) is 56.8. The van der Waals surface area contributed by atoms with Crippen molar-refractivity contribution < 1.29 is 53.1 Å². The summed E-state index contributed by atoms with van der Waals surface area (Å²) in [6.45, 7) is 3.84. The Morgan fingerprint density at radius 2 is 1.82 bits per heavy atom. The zero-order valence-corrected chi connectivity index (χ0v) is 56.8. The summed E-state index contributed by atoms with van der Waals surface area (Å²) in [4.78, 5) is 54.9. The van der Waals surface area contributed by atoms with E-state index in [9.17, 15) is 14.9 Å². The standard InChI is InChI=1S/C85H96N2O11/c1-76-37-53-38-77-36-46-22-26-80(77)75(93)95-42-79-70(53)81(72(91)69(90)71(79)82-55-19-13-48-16-21-61-58-9-5-8-47(58)23-25-78(61,62(48)33-55)67(82)34-57(32-56(77)29-46)84(79,80)98-82)63-30-45(28-44-6-3-2-4-7-44)10-11-49(63)12-17-54-18-14-52-41-94-66(68(52)83(54,76)97-74(92)73-85(76,81)96-73)35-60(65(89)40-88)50-15-20-59-51(31-50)24-27-87-43-86-39-64(59)87/h2-4,6-7,13,16,19,22,24,26-27,34,41,45-47,49-51,53-56,58-65,67,70-73,86,88-89,91H,5,8-11,14-15,18,20-21,23,25,28-33,35-40,42-43H2,1H3. The number of ketones is 1. The van der Waals surface area contributed by atoms with Gasteiger partial charge < -0.3 is 43.6 Å². The summed E-state index contributed by atoms with van der Waals surface area (Å²) in [7, 11) is 0. The highest BCUT2D eigenvalue weighted by Gasteiger charge is 3.03. The highest BCUT2D eigenvalue weighted by molar-refractivity contribution is 5.96. The second-order valence-corrected chi connectivity index (χ2v) is 37.8. The molecule has 24 rings (SSSR count). The van der Waals surface area contributed by atoms with E-state index in [-0.39, 0.29) is 83.6 Å². The average Bonchev–Trinajstić information content (AvgIpc) is 1.39. The number of carbonyl (C=O) groups excluding carboxylic acids is 3. The van der Waals surface area contributed by atoms with Crippen molar-refractivity contribution in [3.8, 4) is 11.8 Å². The van der Waals surface area contributed by atoms with Crippen LogP contribution in [-0.2, 0) is 58.2 Å². The number of hydrogen-bond acceptors (Lipinski definition) is 13. The molecule has 98 heavy (non-hydrogen) atoms. The lowest BCUT2D eigenvalue weighted by Crippen LogP contribution is -2.85. The monoisotopic (exact) mass is 1320 g/mol. The van der Waals surface area contributed by atoms with Crippen molar-refractivity contribution in [1.82, 2.24) is 10.2 Å². The van der Waals surface area contributed by atoms with Gasteiger partial charge in [0.15, 0.2) is 17.5 Å². The Balaban J connectivity index is 0.761. The number of esters is 2. The van der Waals surface area contributed by atoms with Crippen LogP contribution >= 0.6 is 0 Å². The number of furan rings is 1. The predicted octanol–water partition coefficient (Wildman–Crippen LogP) is 10.8. The van der Waals surface area contributed by atoms with Gasteiger partial charge in [-0.3, -0.25) is 14.9 Å². The molecule has 5 saturated heterocycles.